The van der Waals surface area contributed by atoms with Crippen molar-refractivity contribution in [3.63, 3.8) is 0 Å². The van der Waals surface area contributed by atoms with E-state index in [1.165, 1.54) is 0 Å². The molecule has 10 nitrogen and oxygen atoms in total. The number of hydrogen-bond donors (Lipinski definition) is 3. The Hall–Kier alpha value is 0.0284. The molecular weight excluding hydrogens is 387 g/mol. The van der Waals surface area contributed by atoms with Crippen molar-refractivity contribution in [2.75, 3.05) is 13.2 Å². The summed E-state index contributed by atoms with van der Waals surface area (Å²) in [5.41, 5.74) is 3.14. The van der Waals surface area contributed by atoms with Crippen molar-refractivity contribution in [2.24, 2.45) is 0 Å². The first-order valence-corrected chi connectivity index (χ1v) is 13.5. The minimum absolute atomic E-state index is 0.108. The summed E-state index contributed by atoms with van der Waals surface area (Å²) in [4.78, 5) is 0. The Labute approximate surface area is 130 Å². The zero-order valence-corrected chi connectivity index (χ0v) is 14.8. The van der Waals surface area contributed by atoms with Crippen LogP contribution in [0.2, 0.25) is 16.6 Å². The molecule has 0 unspecified atom stereocenters. The number of hydrogen-bond acceptors (Lipinski definition) is 10. The van der Waals surface area contributed by atoms with Crippen LogP contribution in [0.1, 0.15) is 0 Å². The van der Waals surface area contributed by atoms with Crippen molar-refractivity contribution >= 4 is 23.9 Å². The first-order valence-electron chi connectivity index (χ1n) is 6.34. The standard InChI is InChI=1S/C10H21AsO10S/c1-11(2,15)3-7-8(13)9(14)10(21-7)19-4-6(12)5-20-22(16,17)18/h6-10,12-14H,3-5H2,1-2H3,(H,16,17,18)/p-1/t6-,7+,8+,9+,10+/m0/s1. The molecule has 5 atom stereocenters. The zero-order chi connectivity index (χ0) is 17.1. The number of aliphatic hydroxyl groups is 3. The summed E-state index contributed by atoms with van der Waals surface area (Å²) in [6.45, 7) is -1.29. The Kier molecular flexibility index (Phi) is 7.06. The van der Waals surface area contributed by atoms with Crippen molar-refractivity contribution in [1.29, 1.82) is 0 Å². The first kappa shape index (κ1) is 20.1. The van der Waals surface area contributed by atoms with Gasteiger partial charge in [-0.3, -0.25) is 0 Å². The van der Waals surface area contributed by atoms with E-state index in [1.807, 2.05) is 0 Å². The van der Waals surface area contributed by atoms with Crippen LogP contribution in [0.25, 0.3) is 0 Å². The molecule has 0 saturated carbocycles. The fourth-order valence-corrected chi connectivity index (χ4v) is 4.63. The van der Waals surface area contributed by atoms with E-state index in [2.05, 4.69) is 4.18 Å². The van der Waals surface area contributed by atoms with Crippen LogP contribution in [0.5, 0.6) is 0 Å². The molecule has 0 aromatic rings. The first-order chi connectivity index (χ1) is 9.89. The monoisotopic (exact) mass is 407 g/mol. The minimum atomic E-state index is -4.92. The van der Waals surface area contributed by atoms with Crippen molar-refractivity contribution in [3.05, 3.63) is 0 Å². The summed E-state index contributed by atoms with van der Waals surface area (Å²) in [5, 5.41) is 29.0. The molecule has 0 radical (unpaired) electrons. The average Bonchev–Trinajstić information content (AvgIpc) is 2.59. The molecule has 3 N–H and O–H groups in total. The molecule has 1 aliphatic heterocycles. The third-order valence-electron chi connectivity index (χ3n) is 2.80. The summed E-state index contributed by atoms with van der Waals surface area (Å²) in [6, 6.07) is 0. The second-order valence-corrected chi connectivity index (χ2v) is 13.9. The average molecular weight is 407 g/mol. The topological polar surface area (TPSA) is 163 Å². The second kappa shape index (κ2) is 7.73. The van der Waals surface area contributed by atoms with Crippen LogP contribution in [0, 0.1) is 0 Å². The fraction of sp³-hybridized carbons (Fsp3) is 1.00. The van der Waals surface area contributed by atoms with Crippen LogP contribution >= 0.6 is 0 Å². The van der Waals surface area contributed by atoms with E-state index in [4.69, 9.17) is 9.47 Å². The third kappa shape index (κ3) is 7.07. The number of rotatable bonds is 8. The second-order valence-electron chi connectivity index (χ2n) is 5.46. The number of ether oxygens (including phenoxy) is 2. The third-order valence-corrected chi connectivity index (χ3v) is 5.82. The van der Waals surface area contributed by atoms with Crippen LogP contribution in [0.3, 0.4) is 0 Å². The fourth-order valence-electron chi connectivity index (χ4n) is 1.85. The van der Waals surface area contributed by atoms with Gasteiger partial charge in [-0.25, -0.2) is 0 Å². The van der Waals surface area contributed by atoms with Crippen LogP contribution in [-0.2, 0) is 27.8 Å². The van der Waals surface area contributed by atoms with E-state index in [0.29, 0.717) is 0 Å². The Balaban J connectivity index is 2.45. The summed E-state index contributed by atoms with van der Waals surface area (Å²) >= 11 is -3.11. The van der Waals surface area contributed by atoms with E-state index < -0.39 is 67.8 Å². The van der Waals surface area contributed by atoms with Gasteiger partial charge in [0, 0.05) is 0 Å². The summed E-state index contributed by atoms with van der Waals surface area (Å²) in [7, 11) is -4.92. The maximum atomic E-state index is 11.8. The molecule has 0 aliphatic carbocycles. The van der Waals surface area contributed by atoms with E-state index in [-0.39, 0.29) is 5.21 Å². The molecule has 1 fully saturated rings. The van der Waals surface area contributed by atoms with Gasteiger partial charge in [0.2, 0.25) is 0 Å². The molecule has 0 aromatic heterocycles. The Morgan fingerprint density at radius 2 is 1.86 bits per heavy atom. The van der Waals surface area contributed by atoms with Crippen LogP contribution in [-0.4, -0.2) is 85.7 Å². The van der Waals surface area contributed by atoms with E-state index in [0.717, 1.165) is 0 Å². The predicted octanol–water partition coefficient (Wildman–Crippen LogP) is -2.08. The van der Waals surface area contributed by atoms with Gasteiger partial charge in [0.15, 0.2) is 0 Å². The van der Waals surface area contributed by atoms with Gasteiger partial charge in [-0.2, -0.15) is 0 Å². The molecule has 0 bridgehead atoms. The molecule has 0 amide bonds. The maximum absolute atomic E-state index is 11.8. The molecule has 132 valence electrons. The quantitative estimate of drug-likeness (QED) is 0.231. The summed E-state index contributed by atoms with van der Waals surface area (Å²) in [5.74, 6) is 0. The van der Waals surface area contributed by atoms with Crippen LogP contribution in [0.15, 0.2) is 0 Å². The van der Waals surface area contributed by atoms with Gasteiger partial charge in [-0.05, 0) is 0 Å². The van der Waals surface area contributed by atoms with Crippen molar-refractivity contribution in [1.82, 2.24) is 0 Å². The molecule has 12 heteroatoms. The molecule has 1 aliphatic rings. The van der Waals surface area contributed by atoms with E-state index in [1.54, 1.807) is 11.4 Å². The molecule has 1 heterocycles. The Bertz CT molecular complexity index is 502. The summed E-state index contributed by atoms with van der Waals surface area (Å²) in [6.07, 6.45) is -6.24. The van der Waals surface area contributed by atoms with Gasteiger partial charge < -0.3 is 0 Å². The molecule has 0 aromatic carbocycles. The van der Waals surface area contributed by atoms with Gasteiger partial charge >= 0.3 is 130 Å². The molecular formula is C10H20AsO10S-. The molecule has 0 spiro atoms. The number of aliphatic hydroxyl groups excluding tert-OH is 3. The van der Waals surface area contributed by atoms with E-state index >= 15 is 0 Å². The van der Waals surface area contributed by atoms with Gasteiger partial charge in [-0.1, -0.05) is 0 Å². The molecule has 1 saturated heterocycles. The van der Waals surface area contributed by atoms with Gasteiger partial charge in [0.1, 0.15) is 0 Å². The molecule has 22 heavy (non-hydrogen) atoms. The van der Waals surface area contributed by atoms with Gasteiger partial charge in [0.05, 0.1) is 0 Å². The molecule has 1 rings (SSSR count). The Morgan fingerprint density at radius 1 is 1.27 bits per heavy atom. The van der Waals surface area contributed by atoms with Gasteiger partial charge in [-0.15, -0.1) is 0 Å². The van der Waals surface area contributed by atoms with Crippen molar-refractivity contribution < 1.29 is 45.7 Å². The van der Waals surface area contributed by atoms with Crippen LogP contribution < -0.4 is 0 Å². The van der Waals surface area contributed by atoms with Crippen LogP contribution in [0.4, 0.5) is 0 Å². The summed E-state index contributed by atoms with van der Waals surface area (Å²) < 4.78 is 56.5. The van der Waals surface area contributed by atoms with Crippen molar-refractivity contribution in [2.45, 2.75) is 47.3 Å². The SMILES string of the molecule is C[As](C)(=O)C[C@H]1O[C@@H](OC[C@H](O)COS(=O)(=O)[O-])[C@H](O)[C@@H]1O. The normalized spacial score (nSPS) is 31.4. The zero-order valence-electron chi connectivity index (χ0n) is 12.1. The predicted molar refractivity (Wildman–Crippen MR) is 71.3 cm³/mol. The van der Waals surface area contributed by atoms with Crippen molar-refractivity contribution in [3.8, 4) is 0 Å². The van der Waals surface area contributed by atoms with Gasteiger partial charge in [0.25, 0.3) is 0 Å². The Morgan fingerprint density at radius 3 is 2.36 bits per heavy atom. The van der Waals surface area contributed by atoms with E-state index in [9.17, 15) is 32.0 Å².